The molecule has 0 aliphatic carbocycles. The second kappa shape index (κ2) is 10.8. The summed E-state index contributed by atoms with van der Waals surface area (Å²) >= 11 is 1.89. The molecule has 0 radical (unpaired) electrons. The first-order valence-corrected chi connectivity index (χ1v) is 17.3. The molecule has 48 heavy (non-hydrogen) atoms. The Hall–Kier alpha value is -5.96. The lowest BCUT2D eigenvalue weighted by Crippen LogP contribution is -2.12. The zero-order valence-electron chi connectivity index (χ0n) is 26.1. The van der Waals surface area contributed by atoms with Crippen molar-refractivity contribution >= 4 is 91.7 Å². The zero-order valence-corrected chi connectivity index (χ0v) is 26.9. The molecule has 2 heteroatoms. The fourth-order valence-electron chi connectivity index (χ4n) is 7.68. The maximum Gasteiger partial charge on any atom is 0.0555 e. The lowest BCUT2D eigenvalue weighted by molar-refractivity contribution is 1.32. The van der Waals surface area contributed by atoms with Gasteiger partial charge in [0.15, 0.2) is 0 Å². The number of fused-ring (bicyclic) bond motifs is 10. The smallest absolute Gasteiger partial charge is 0.0555 e. The van der Waals surface area contributed by atoms with E-state index in [2.05, 4.69) is 181 Å². The lowest BCUT2D eigenvalue weighted by Gasteiger charge is -2.31. The van der Waals surface area contributed by atoms with Crippen LogP contribution in [0.4, 0.5) is 17.1 Å². The molecule has 0 aliphatic heterocycles. The largest absolute Gasteiger partial charge is 0.309 e. The third-order valence-electron chi connectivity index (χ3n) is 9.80. The zero-order chi connectivity index (χ0) is 31.6. The first kappa shape index (κ1) is 27.2. The molecule has 0 saturated carbocycles. The maximum atomic E-state index is 2.53. The van der Waals surface area contributed by atoms with Crippen LogP contribution in [0.1, 0.15) is 0 Å². The molecule has 224 valence electrons. The fraction of sp³-hybridized carbons (Fsp3) is 0. The Kier molecular flexibility index (Phi) is 6.12. The van der Waals surface area contributed by atoms with E-state index < -0.39 is 0 Å². The van der Waals surface area contributed by atoms with Crippen LogP contribution in [0.25, 0.3) is 74.4 Å². The molecular formula is C46H29NS. The first-order valence-electron chi connectivity index (χ1n) is 16.4. The van der Waals surface area contributed by atoms with Gasteiger partial charge in [0, 0.05) is 36.5 Å². The summed E-state index contributed by atoms with van der Waals surface area (Å²) in [7, 11) is 0. The van der Waals surface area contributed by atoms with Gasteiger partial charge in [0.2, 0.25) is 0 Å². The molecule has 0 unspecified atom stereocenters. The van der Waals surface area contributed by atoms with E-state index in [9.17, 15) is 0 Å². The topological polar surface area (TPSA) is 3.24 Å². The summed E-state index contributed by atoms with van der Waals surface area (Å²) < 4.78 is 2.64. The monoisotopic (exact) mass is 627 g/mol. The summed E-state index contributed by atoms with van der Waals surface area (Å²) in [5.41, 5.74) is 5.89. The minimum atomic E-state index is 1.15. The van der Waals surface area contributed by atoms with Crippen LogP contribution in [0, 0.1) is 0 Å². The van der Waals surface area contributed by atoms with E-state index in [0.29, 0.717) is 0 Å². The van der Waals surface area contributed by atoms with Gasteiger partial charge in [0.25, 0.3) is 0 Å². The van der Waals surface area contributed by atoms with Crippen molar-refractivity contribution in [1.29, 1.82) is 0 Å². The standard InChI is InChI=1S/C46H29NS/c1-2-13-30(14-3-1)34-17-8-10-22-40(34)47(41-23-12-16-32-27-28-39-37-20-9-11-24-43(37)48-46(39)45(32)41)42-29-33-26-25-31-15-4-5-18-35(31)44(33)38-21-7-6-19-36(38)42/h1-29H. The molecule has 0 fully saturated rings. The number of anilines is 3. The van der Waals surface area contributed by atoms with Crippen molar-refractivity contribution < 1.29 is 0 Å². The van der Waals surface area contributed by atoms with E-state index in [4.69, 9.17) is 0 Å². The quantitative estimate of drug-likeness (QED) is 0.176. The van der Waals surface area contributed by atoms with Crippen molar-refractivity contribution in [2.45, 2.75) is 0 Å². The van der Waals surface area contributed by atoms with E-state index in [1.807, 2.05) is 11.3 Å². The van der Waals surface area contributed by atoms with Crippen molar-refractivity contribution in [3.8, 4) is 11.1 Å². The SMILES string of the molecule is c1ccc(-c2ccccc2N(c2cc3ccc4ccccc4c3c3ccccc23)c2cccc3ccc4c5ccccc5sc4c23)cc1. The third-order valence-corrected chi connectivity index (χ3v) is 11.0. The Morgan fingerprint density at radius 1 is 0.354 bits per heavy atom. The summed E-state index contributed by atoms with van der Waals surface area (Å²) in [6.07, 6.45) is 0. The van der Waals surface area contributed by atoms with Gasteiger partial charge in [-0.3, -0.25) is 0 Å². The second-order valence-corrected chi connectivity index (χ2v) is 13.5. The van der Waals surface area contributed by atoms with Gasteiger partial charge in [0.1, 0.15) is 0 Å². The van der Waals surface area contributed by atoms with Gasteiger partial charge in [-0.15, -0.1) is 11.3 Å². The van der Waals surface area contributed by atoms with Gasteiger partial charge in [0.05, 0.1) is 17.1 Å². The number of nitrogens with zero attached hydrogens (tertiary/aromatic N) is 1. The predicted octanol–water partition coefficient (Wildman–Crippen LogP) is 13.8. The number of rotatable bonds is 4. The second-order valence-electron chi connectivity index (χ2n) is 12.5. The maximum absolute atomic E-state index is 2.53. The molecule has 0 saturated heterocycles. The van der Waals surface area contributed by atoms with Crippen LogP contribution in [0.3, 0.4) is 0 Å². The molecule has 0 atom stereocenters. The van der Waals surface area contributed by atoms with Crippen molar-refractivity contribution in [3.63, 3.8) is 0 Å². The molecule has 10 aromatic rings. The highest BCUT2D eigenvalue weighted by molar-refractivity contribution is 7.26. The summed E-state index contributed by atoms with van der Waals surface area (Å²) in [5, 5.41) is 12.7. The minimum absolute atomic E-state index is 1.15. The van der Waals surface area contributed by atoms with E-state index in [1.165, 1.54) is 85.8 Å². The predicted molar refractivity (Wildman–Crippen MR) is 209 cm³/mol. The molecular weight excluding hydrogens is 599 g/mol. The van der Waals surface area contributed by atoms with Crippen LogP contribution in [0.5, 0.6) is 0 Å². The van der Waals surface area contributed by atoms with Crippen LogP contribution in [0.15, 0.2) is 176 Å². The minimum Gasteiger partial charge on any atom is -0.309 e. The third kappa shape index (κ3) is 4.10. The Labute approximate surface area is 282 Å². The molecule has 1 aromatic heterocycles. The Morgan fingerprint density at radius 3 is 1.90 bits per heavy atom. The van der Waals surface area contributed by atoms with Crippen LogP contribution < -0.4 is 4.90 Å². The molecule has 0 aliphatic rings. The van der Waals surface area contributed by atoms with Crippen LogP contribution in [-0.4, -0.2) is 0 Å². The number of hydrogen-bond donors (Lipinski definition) is 0. The summed E-state index contributed by atoms with van der Waals surface area (Å²) in [6.45, 7) is 0. The van der Waals surface area contributed by atoms with Gasteiger partial charge in [-0.1, -0.05) is 152 Å². The van der Waals surface area contributed by atoms with Crippen molar-refractivity contribution in [1.82, 2.24) is 0 Å². The summed E-state index contributed by atoms with van der Waals surface area (Å²) in [4.78, 5) is 2.53. The van der Waals surface area contributed by atoms with Gasteiger partial charge in [-0.2, -0.15) is 0 Å². The molecule has 0 amide bonds. The number of para-hydroxylation sites is 1. The van der Waals surface area contributed by atoms with E-state index in [1.54, 1.807) is 0 Å². The Morgan fingerprint density at radius 2 is 1.00 bits per heavy atom. The van der Waals surface area contributed by atoms with E-state index >= 15 is 0 Å². The molecule has 0 bridgehead atoms. The molecule has 0 spiro atoms. The van der Waals surface area contributed by atoms with Gasteiger partial charge >= 0.3 is 0 Å². The van der Waals surface area contributed by atoms with Crippen molar-refractivity contribution in [3.05, 3.63) is 176 Å². The summed E-state index contributed by atoms with van der Waals surface area (Å²) in [6, 6.07) is 64.5. The molecule has 0 N–H and O–H groups in total. The van der Waals surface area contributed by atoms with Crippen LogP contribution >= 0.6 is 11.3 Å². The average molecular weight is 628 g/mol. The normalized spacial score (nSPS) is 11.8. The number of benzene rings is 9. The number of hydrogen-bond acceptors (Lipinski definition) is 2. The Balaban J connectivity index is 1.38. The Bertz CT molecular complexity index is 2850. The highest BCUT2D eigenvalue weighted by Crippen LogP contribution is 2.50. The van der Waals surface area contributed by atoms with Gasteiger partial charge in [-0.05, 0) is 62.1 Å². The van der Waals surface area contributed by atoms with Gasteiger partial charge < -0.3 is 4.90 Å². The highest BCUT2D eigenvalue weighted by Gasteiger charge is 2.24. The van der Waals surface area contributed by atoms with E-state index in [-0.39, 0.29) is 0 Å². The fourth-order valence-corrected chi connectivity index (χ4v) is 8.95. The number of thiophene rings is 1. The highest BCUT2D eigenvalue weighted by atomic mass is 32.1. The van der Waals surface area contributed by atoms with Crippen molar-refractivity contribution in [2.75, 3.05) is 4.90 Å². The van der Waals surface area contributed by atoms with Gasteiger partial charge in [-0.25, -0.2) is 0 Å². The first-order chi connectivity index (χ1) is 23.8. The van der Waals surface area contributed by atoms with Crippen molar-refractivity contribution in [2.24, 2.45) is 0 Å². The van der Waals surface area contributed by atoms with Crippen LogP contribution in [0.2, 0.25) is 0 Å². The van der Waals surface area contributed by atoms with E-state index in [0.717, 1.165) is 5.69 Å². The van der Waals surface area contributed by atoms with Crippen LogP contribution in [-0.2, 0) is 0 Å². The molecule has 9 aromatic carbocycles. The molecule has 10 rings (SSSR count). The molecule has 1 nitrogen and oxygen atoms in total. The lowest BCUT2D eigenvalue weighted by atomic mass is 9.93. The average Bonchev–Trinajstić information content (AvgIpc) is 3.54. The molecule has 1 heterocycles. The summed E-state index contributed by atoms with van der Waals surface area (Å²) in [5.74, 6) is 0.